The third kappa shape index (κ3) is 4.28. The van der Waals surface area contributed by atoms with E-state index in [4.69, 9.17) is 5.73 Å². The predicted molar refractivity (Wildman–Crippen MR) is 85.2 cm³/mol. The van der Waals surface area contributed by atoms with E-state index in [1.165, 1.54) is 19.2 Å². The maximum absolute atomic E-state index is 12.5. The predicted octanol–water partition coefficient (Wildman–Crippen LogP) is 1.58. The fourth-order valence-electron chi connectivity index (χ4n) is 1.96. The number of aryl methyl sites for hydroxylation is 1. The van der Waals surface area contributed by atoms with Gasteiger partial charge in [0.05, 0.1) is 17.6 Å². The van der Waals surface area contributed by atoms with Gasteiger partial charge in [-0.15, -0.1) is 0 Å². The summed E-state index contributed by atoms with van der Waals surface area (Å²) in [6, 6.07) is 4.53. The van der Waals surface area contributed by atoms with Crippen molar-refractivity contribution in [3.63, 3.8) is 0 Å². The number of sulfonamides is 1. The van der Waals surface area contributed by atoms with Crippen LogP contribution < -0.4 is 10.5 Å². The lowest BCUT2D eigenvalue weighted by molar-refractivity contribution is 0.0596. The van der Waals surface area contributed by atoms with Gasteiger partial charge in [-0.2, -0.15) is 0 Å². The van der Waals surface area contributed by atoms with Gasteiger partial charge < -0.3 is 10.5 Å². The van der Waals surface area contributed by atoms with E-state index in [0.717, 1.165) is 5.56 Å². The molecule has 0 aliphatic heterocycles. The van der Waals surface area contributed by atoms with Crippen LogP contribution in [0, 0.1) is 6.92 Å². The van der Waals surface area contributed by atoms with Crippen molar-refractivity contribution < 1.29 is 17.9 Å². The molecule has 0 unspecified atom stereocenters. The van der Waals surface area contributed by atoms with Gasteiger partial charge in [0.15, 0.2) is 0 Å². The largest absolute Gasteiger partial charge is 0.465 e. The topological polar surface area (TPSA) is 98.5 Å². The van der Waals surface area contributed by atoms with Crippen LogP contribution in [0.1, 0.15) is 42.6 Å². The van der Waals surface area contributed by atoms with Crippen LogP contribution in [-0.4, -0.2) is 33.6 Å². The average Bonchev–Trinajstić information content (AvgIpc) is 2.51. The number of esters is 1. The monoisotopic (exact) mass is 328 g/mol. The van der Waals surface area contributed by atoms with Crippen molar-refractivity contribution in [2.75, 3.05) is 13.7 Å². The molecule has 0 aliphatic rings. The second kappa shape index (κ2) is 7.21. The number of methoxy groups -OCH3 is 1. The number of hydrogen-bond donors (Lipinski definition) is 2. The van der Waals surface area contributed by atoms with Gasteiger partial charge in [-0.25, -0.2) is 17.9 Å². The summed E-state index contributed by atoms with van der Waals surface area (Å²) in [5, 5.41) is 0. The Morgan fingerprint density at radius 2 is 1.91 bits per heavy atom. The number of carbonyl (C=O) groups excluding carboxylic acids is 1. The fraction of sp³-hybridized carbons (Fsp3) is 0.533. The van der Waals surface area contributed by atoms with Crippen LogP contribution in [-0.2, 0) is 14.8 Å². The van der Waals surface area contributed by atoms with Crippen LogP contribution in [0.5, 0.6) is 0 Å². The molecule has 0 aromatic heterocycles. The molecular formula is C15H24N2O4S. The Bertz CT molecular complexity index is 637. The first-order chi connectivity index (χ1) is 10.2. The fourth-order valence-corrected chi connectivity index (χ4v) is 3.28. The molecule has 1 rings (SSSR count). The molecule has 0 atom stereocenters. The first-order valence-corrected chi connectivity index (χ1v) is 8.65. The van der Waals surface area contributed by atoms with Gasteiger partial charge in [-0.05, 0) is 31.9 Å². The summed E-state index contributed by atoms with van der Waals surface area (Å²) in [4.78, 5) is 11.7. The molecule has 3 N–H and O–H groups in total. The number of nitrogens with one attached hydrogen (secondary N) is 1. The van der Waals surface area contributed by atoms with Crippen molar-refractivity contribution in [3.8, 4) is 0 Å². The number of nitrogens with two attached hydrogens (primary N) is 1. The Morgan fingerprint density at radius 3 is 2.41 bits per heavy atom. The zero-order valence-electron chi connectivity index (χ0n) is 13.5. The summed E-state index contributed by atoms with van der Waals surface area (Å²) in [5.74, 6) is -0.686. The summed E-state index contributed by atoms with van der Waals surface area (Å²) in [6.07, 6.45) is 1.29. The number of hydrogen-bond acceptors (Lipinski definition) is 5. The second-order valence-corrected chi connectivity index (χ2v) is 7.12. The van der Waals surface area contributed by atoms with Crippen molar-refractivity contribution in [1.29, 1.82) is 0 Å². The molecule has 6 nitrogen and oxygen atoms in total. The van der Waals surface area contributed by atoms with Crippen molar-refractivity contribution in [1.82, 2.24) is 4.72 Å². The third-order valence-corrected chi connectivity index (χ3v) is 5.31. The van der Waals surface area contributed by atoms with E-state index in [0.29, 0.717) is 12.8 Å². The standard InChI is InChI=1S/C15H24N2O4S/c1-5-15(16,6-2)10-17-22(19,20)13-8-7-11(3)9-12(13)14(18)21-4/h7-9,17H,5-6,10,16H2,1-4H3. The summed E-state index contributed by atoms with van der Waals surface area (Å²) in [5.41, 5.74) is 6.30. The van der Waals surface area contributed by atoms with E-state index in [-0.39, 0.29) is 17.0 Å². The first-order valence-electron chi connectivity index (χ1n) is 7.16. The highest BCUT2D eigenvalue weighted by atomic mass is 32.2. The first kappa shape index (κ1) is 18.6. The van der Waals surface area contributed by atoms with Crippen molar-refractivity contribution >= 4 is 16.0 Å². The molecule has 0 saturated heterocycles. The Labute approximate surface area is 132 Å². The Morgan fingerprint density at radius 1 is 1.32 bits per heavy atom. The van der Waals surface area contributed by atoms with Gasteiger partial charge in [-0.3, -0.25) is 0 Å². The zero-order valence-corrected chi connectivity index (χ0v) is 14.3. The normalized spacial score (nSPS) is 12.2. The molecule has 124 valence electrons. The van der Waals surface area contributed by atoms with Gasteiger partial charge in [0, 0.05) is 12.1 Å². The molecule has 0 saturated carbocycles. The van der Waals surface area contributed by atoms with E-state index >= 15 is 0 Å². The minimum Gasteiger partial charge on any atom is -0.465 e. The summed E-state index contributed by atoms with van der Waals surface area (Å²) in [6.45, 7) is 5.69. The highest BCUT2D eigenvalue weighted by molar-refractivity contribution is 7.89. The van der Waals surface area contributed by atoms with Gasteiger partial charge >= 0.3 is 5.97 Å². The van der Waals surface area contributed by atoms with Crippen LogP contribution in [0.25, 0.3) is 0 Å². The van der Waals surface area contributed by atoms with E-state index in [2.05, 4.69) is 9.46 Å². The SMILES string of the molecule is CCC(N)(CC)CNS(=O)(=O)c1ccc(C)cc1C(=O)OC. The van der Waals surface area contributed by atoms with Crippen LogP contribution in [0.15, 0.2) is 23.1 Å². The van der Waals surface area contributed by atoms with E-state index < -0.39 is 21.5 Å². The van der Waals surface area contributed by atoms with Crippen LogP contribution in [0.4, 0.5) is 0 Å². The van der Waals surface area contributed by atoms with Crippen LogP contribution >= 0.6 is 0 Å². The third-order valence-electron chi connectivity index (χ3n) is 3.85. The zero-order chi connectivity index (χ0) is 17.0. The molecule has 1 aromatic rings. The second-order valence-electron chi connectivity index (χ2n) is 5.39. The number of rotatable bonds is 7. The van der Waals surface area contributed by atoms with Gasteiger partial charge in [-0.1, -0.05) is 25.5 Å². The maximum atomic E-state index is 12.5. The number of ether oxygens (including phenoxy) is 1. The molecule has 0 spiro atoms. The maximum Gasteiger partial charge on any atom is 0.339 e. The summed E-state index contributed by atoms with van der Waals surface area (Å²) in [7, 11) is -2.63. The molecule has 0 aliphatic carbocycles. The lowest BCUT2D eigenvalue weighted by atomic mass is 9.95. The average molecular weight is 328 g/mol. The molecule has 0 amide bonds. The van der Waals surface area contributed by atoms with Crippen LogP contribution in [0.2, 0.25) is 0 Å². The smallest absolute Gasteiger partial charge is 0.339 e. The molecule has 0 fully saturated rings. The lowest BCUT2D eigenvalue weighted by Gasteiger charge is -2.26. The number of benzene rings is 1. The van der Waals surface area contributed by atoms with Crippen molar-refractivity contribution in [2.24, 2.45) is 5.73 Å². The molecule has 1 aromatic carbocycles. The molecular weight excluding hydrogens is 304 g/mol. The molecule has 7 heteroatoms. The number of carbonyl (C=O) groups is 1. The Kier molecular flexibility index (Phi) is 6.10. The van der Waals surface area contributed by atoms with Crippen molar-refractivity contribution in [3.05, 3.63) is 29.3 Å². The highest BCUT2D eigenvalue weighted by Gasteiger charge is 2.27. The van der Waals surface area contributed by atoms with Gasteiger partial charge in [0.25, 0.3) is 0 Å². The molecule has 0 bridgehead atoms. The van der Waals surface area contributed by atoms with E-state index in [9.17, 15) is 13.2 Å². The molecule has 0 heterocycles. The van der Waals surface area contributed by atoms with E-state index in [1.54, 1.807) is 13.0 Å². The highest BCUT2D eigenvalue weighted by Crippen LogP contribution is 2.19. The van der Waals surface area contributed by atoms with E-state index in [1.807, 2.05) is 13.8 Å². The van der Waals surface area contributed by atoms with Gasteiger partial charge in [0.2, 0.25) is 10.0 Å². The minimum absolute atomic E-state index is 0.0191. The Hall–Kier alpha value is -1.44. The van der Waals surface area contributed by atoms with Gasteiger partial charge in [0.1, 0.15) is 0 Å². The van der Waals surface area contributed by atoms with Crippen LogP contribution in [0.3, 0.4) is 0 Å². The summed E-state index contributed by atoms with van der Waals surface area (Å²) >= 11 is 0. The van der Waals surface area contributed by atoms with Crippen molar-refractivity contribution in [2.45, 2.75) is 44.0 Å². The minimum atomic E-state index is -3.85. The molecule has 0 radical (unpaired) electrons. The Balaban J connectivity index is 3.16. The quantitative estimate of drug-likeness (QED) is 0.740. The lowest BCUT2D eigenvalue weighted by Crippen LogP contribution is -2.49. The molecule has 22 heavy (non-hydrogen) atoms. The summed E-state index contributed by atoms with van der Waals surface area (Å²) < 4.78 is 32.1.